The van der Waals surface area contributed by atoms with Crippen molar-refractivity contribution in [3.05, 3.63) is 95.7 Å². The van der Waals surface area contributed by atoms with Crippen LogP contribution in [0.1, 0.15) is 11.1 Å². The SMILES string of the molecule is C(=CC=C1Cc2ccccc2N1)C=CC1=[NH+]c2ccccc2C1. The first-order chi connectivity index (χ1) is 11.4. The van der Waals surface area contributed by atoms with E-state index in [0.29, 0.717) is 0 Å². The van der Waals surface area contributed by atoms with Crippen molar-refractivity contribution in [1.82, 2.24) is 0 Å². The normalized spacial score (nSPS) is 17.6. The highest BCUT2D eigenvalue weighted by atomic mass is 14.9. The molecule has 0 unspecified atom stereocenters. The third-order valence-electron chi connectivity index (χ3n) is 4.20. The van der Waals surface area contributed by atoms with Crippen LogP contribution in [0.25, 0.3) is 0 Å². The molecular weight excluding hydrogens is 280 g/mol. The van der Waals surface area contributed by atoms with E-state index in [4.69, 9.17) is 0 Å². The zero-order chi connectivity index (χ0) is 15.5. The Bertz CT molecular complexity index is 827. The summed E-state index contributed by atoms with van der Waals surface area (Å²) in [4.78, 5) is 3.45. The Labute approximate surface area is 136 Å². The molecule has 2 nitrogen and oxygen atoms in total. The third-order valence-corrected chi connectivity index (χ3v) is 4.20. The quantitative estimate of drug-likeness (QED) is 0.837. The average Bonchev–Trinajstić information content (AvgIpc) is 3.17. The van der Waals surface area contributed by atoms with Crippen molar-refractivity contribution in [1.29, 1.82) is 0 Å². The van der Waals surface area contributed by atoms with Crippen LogP contribution in [-0.2, 0) is 12.8 Å². The molecule has 0 spiro atoms. The standard InChI is InChI=1S/C21H18N2/c1(2-10-18-14-16-8-4-6-12-20(16)22-18)3-11-19-15-17-9-5-7-13-21(17)23-19/h1-13,22H,14-15H2/p+1. The molecular formula is C21H19N2+. The third kappa shape index (κ3) is 3.02. The lowest BCUT2D eigenvalue weighted by molar-refractivity contribution is -0.348. The van der Waals surface area contributed by atoms with E-state index in [9.17, 15) is 0 Å². The van der Waals surface area contributed by atoms with E-state index in [1.165, 1.54) is 33.9 Å². The van der Waals surface area contributed by atoms with Gasteiger partial charge < -0.3 is 5.32 Å². The van der Waals surface area contributed by atoms with Crippen molar-refractivity contribution >= 4 is 17.1 Å². The smallest absolute Gasteiger partial charge is 0.207 e. The van der Waals surface area contributed by atoms with Gasteiger partial charge in [0.1, 0.15) is 0 Å². The molecule has 112 valence electrons. The largest absolute Gasteiger partial charge is 0.358 e. The molecule has 0 atom stereocenters. The minimum atomic E-state index is 0.985. The van der Waals surface area contributed by atoms with E-state index in [1.807, 2.05) is 0 Å². The van der Waals surface area contributed by atoms with Gasteiger partial charge in [-0.25, -0.2) is 4.99 Å². The molecule has 2 N–H and O–H groups in total. The van der Waals surface area contributed by atoms with E-state index in [-0.39, 0.29) is 0 Å². The summed E-state index contributed by atoms with van der Waals surface area (Å²) < 4.78 is 0. The minimum absolute atomic E-state index is 0.985. The van der Waals surface area contributed by atoms with Gasteiger partial charge in [0.15, 0.2) is 5.71 Å². The maximum atomic E-state index is 3.45. The van der Waals surface area contributed by atoms with Gasteiger partial charge in [0.25, 0.3) is 0 Å². The van der Waals surface area contributed by atoms with Crippen molar-refractivity contribution in [3.63, 3.8) is 0 Å². The lowest BCUT2D eigenvalue weighted by Crippen LogP contribution is -2.63. The molecule has 4 rings (SSSR count). The summed E-state index contributed by atoms with van der Waals surface area (Å²) in [6.45, 7) is 0. The molecule has 2 aliphatic heterocycles. The van der Waals surface area contributed by atoms with Crippen molar-refractivity contribution < 1.29 is 4.99 Å². The highest BCUT2D eigenvalue weighted by Crippen LogP contribution is 2.27. The van der Waals surface area contributed by atoms with E-state index < -0.39 is 0 Å². The van der Waals surface area contributed by atoms with Gasteiger partial charge >= 0.3 is 0 Å². The first kappa shape index (κ1) is 13.8. The first-order valence-electron chi connectivity index (χ1n) is 7.98. The predicted octanol–water partition coefficient (Wildman–Crippen LogP) is 3.06. The summed E-state index contributed by atoms with van der Waals surface area (Å²) in [7, 11) is 0. The number of benzene rings is 2. The van der Waals surface area contributed by atoms with E-state index >= 15 is 0 Å². The van der Waals surface area contributed by atoms with Gasteiger partial charge in [-0.05, 0) is 17.7 Å². The van der Waals surface area contributed by atoms with Crippen molar-refractivity contribution in [2.75, 3.05) is 5.32 Å². The van der Waals surface area contributed by atoms with Crippen molar-refractivity contribution in [2.24, 2.45) is 0 Å². The number of anilines is 1. The number of allylic oxidation sites excluding steroid dienone is 6. The Morgan fingerprint density at radius 1 is 0.826 bits per heavy atom. The Morgan fingerprint density at radius 3 is 2.52 bits per heavy atom. The van der Waals surface area contributed by atoms with Gasteiger partial charge in [0.05, 0.1) is 6.42 Å². The topological polar surface area (TPSA) is 26.0 Å². The number of hydrogen-bond donors (Lipinski definition) is 2. The van der Waals surface area contributed by atoms with E-state index in [0.717, 1.165) is 12.8 Å². The molecule has 0 fully saturated rings. The molecule has 2 aromatic rings. The highest BCUT2D eigenvalue weighted by Gasteiger charge is 2.18. The summed E-state index contributed by atoms with van der Waals surface area (Å²) in [6, 6.07) is 16.9. The van der Waals surface area contributed by atoms with Gasteiger partial charge in [-0.1, -0.05) is 54.6 Å². The minimum Gasteiger partial charge on any atom is -0.358 e. The lowest BCUT2D eigenvalue weighted by Gasteiger charge is -1.96. The fourth-order valence-electron chi connectivity index (χ4n) is 3.05. The molecule has 0 saturated carbocycles. The van der Waals surface area contributed by atoms with Gasteiger partial charge in [0, 0.05) is 35.5 Å². The monoisotopic (exact) mass is 299 g/mol. The second kappa shape index (κ2) is 6.09. The number of hydrogen-bond acceptors (Lipinski definition) is 1. The van der Waals surface area contributed by atoms with Crippen LogP contribution in [0, 0.1) is 0 Å². The van der Waals surface area contributed by atoms with E-state index in [1.54, 1.807) is 0 Å². The molecule has 0 radical (unpaired) electrons. The lowest BCUT2D eigenvalue weighted by atomic mass is 10.1. The highest BCUT2D eigenvalue weighted by molar-refractivity contribution is 5.95. The van der Waals surface area contributed by atoms with Gasteiger partial charge in [-0.15, -0.1) is 0 Å². The van der Waals surface area contributed by atoms with E-state index in [2.05, 4.69) is 89.2 Å². The van der Waals surface area contributed by atoms with Crippen molar-refractivity contribution in [3.8, 4) is 0 Å². The summed E-state index contributed by atoms with van der Waals surface area (Å²) in [5.74, 6) is 0. The molecule has 2 heteroatoms. The van der Waals surface area contributed by atoms with Crippen LogP contribution in [0.2, 0.25) is 0 Å². The molecule has 0 aromatic heterocycles. The molecule has 0 aliphatic carbocycles. The van der Waals surface area contributed by atoms with Crippen LogP contribution in [0.15, 0.2) is 84.6 Å². The average molecular weight is 299 g/mol. The summed E-state index contributed by atoms with van der Waals surface area (Å²) in [5, 5.41) is 3.45. The molecule has 2 aromatic carbocycles. The fraction of sp³-hybridized carbons (Fsp3) is 0.0952. The Kier molecular flexibility index (Phi) is 3.65. The first-order valence-corrected chi connectivity index (χ1v) is 7.98. The van der Waals surface area contributed by atoms with Crippen LogP contribution >= 0.6 is 0 Å². The molecule has 2 heterocycles. The van der Waals surface area contributed by atoms with Gasteiger partial charge in [-0.3, -0.25) is 0 Å². The molecule has 2 aliphatic rings. The van der Waals surface area contributed by atoms with Crippen LogP contribution in [0.4, 0.5) is 11.4 Å². The number of nitrogens with one attached hydrogen (secondary N) is 2. The second-order valence-electron chi connectivity index (χ2n) is 5.88. The number of rotatable bonds is 3. The number of fused-ring (bicyclic) bond motifs is 2. The van der Waals surface area contributed by atoms with Crippen LogP contribution < -0.4 is 10.3 Å². The maximum Gasteiger partial charge on any atom is 0.207 e. The van der Waals surface area contributed by atoms with Crippen LogP contribution in [0.3, 0.4) is 0 Å². The molecule has 0 bridgehead atoms. The summed E-state index contributed by atoms with van der Waals surface area (Å²) in [5.41, 5.74) is 7.68. The van der Waals surface area contributed by atoms with Crippen LogP contribution in [0.5, 0.6) is 0 Å². The Balaban J connectivity index is 1.36. The zero-order valence-electron chi connectivity index (χ0n) is 12.9. The number of para-hydroxylation sites is 2. The molecule has 0 saturated heterocycles. The Morgan fingerprint density at radius 2 is 1.65 bits per heavy atom. The van der Waals surface area contributed by atoms with Gasteiger partial charge in [-0.2, -0.15) is 0 Å². The fourth-order valence-corrected chi connectivity index (χ4v) is 3.05. The van der Waals surface area contributed by atoms with Crippen molar-refractivity contribution in [2.45, 2.75) is 12.8 Å². The van der Waals surface area contributed by atoms with Crippen LogP contribution in [-0.4, -0.2) is 5.71 Å². The molecule has 0 amide bonds. The summed E-state index contributed by atoms with van der Waals surface area (Å²) in [6.07, 6.45) is 12.5. The Hall–Kier alpha value is -2.87. The van der Waals surface area contributed by atoms with Gasteiger partial charge in [0.2, 0.25) is 5.69 Å². The summed E-state index contributed by atoms with van der Waals surface area (Å²) >= 11 is 0. The maximum absolute atomic E-state index is 3.45. The predicted molar refractivity (Wildman–Crippen MR) is 95.9 cm³/mol. The zero-order valence-corrected chi connectivity index (χ0v) is 12.9. The second-order valence-corrected chi connectivity index (χ2v) is 5.88. The molecule has 23 heavy (non-hydrogen) atoms.